The van der Waals surface area contributed by atoms with E-state index in [1.165, 1.54) is 0 Å². The van der Waals surface area contributed by atoms with E-state index in [2.05, 4.69) is 4.72 Å². The summed E-state index contributed by atoms with van der Waals surface area (Å²) in [6, 6.07) is 6.71. The van der Waals surface area contributed by atoms with Crippen LogP contribution in [0.15, 0.2) is 29.2 Å². The summed E-state index contributed by atoms with van der Waals surface area (Å²) in [5, 5.41) is 0. The van der Waals surface area contributed by atoms with Crippen LogP contribution >= 0.6 is 12.2 Å². The number of benzene rings is 1. The lowest BCUT2D eigenvalue weighted by molar-refractivity contribution is 0.314. The van der Waals surface area contributed by atoms with E-state index in [1.54, 1.807) is 24.3 Å². The summed E-state index contributed by atoms with van der Waals surface area (Å²) >= 11 is 4.82. The normalized spacial score (nSPS) is 13.4. The van der Waals surface area contributed by atoms with Crippen molar-refractivity contribution < 1.29 is 8.42 Å². The number of nitrogens with zero attached hydrogens (tertiary/aromatic N) is 1. The lowest BCUT2D eigenvalue weighted by Gasteiger charge is -2.20. The van der Waals surface area contributed by atoms with Crippen molar-refractivity contribution in [1.29, 1.82) is 0 Å². The Bertz CT molecular complexity index is 553. The predicted octanol–water partition coefficient (Wildman–Crippen LogP) is 0.744. The molecule has 5 nitrogen and oxygen atoms in total. The number of thiocarbonyl (C=S) groups is 1. The maximum Gasteiger partial charge on any atom is 0.240 e. The van der Waals surface area contributed by atoms with E-state index in [0.29, 0.717) is 18.0 Å². The molecule has 0 bridgehead atoms. The van der Waals surface area contributed by atoms with Gasteiger partial charge in [0.2, 0.25) is 10.0 Å². The Labute approximate surface area is 126 Å². The lowest BCUT2D eigenvalue weighted by Crippen LogP contribution is -2.38. The van der Waals surface area contributed by atoms with Crippen LogP contribution in [0.3, 0.4) is 0 Å². The average molecular weight is 315 g/mol. The van der Waals surface area contributed by atoms with Gasteiger partial charge in [-0.1, -0.05) is 24.4 Å². The molecule has 1 rings (SSSR count). The monoisotopic (exact) mass is 315 g/mol. The molecule has 1 atom stereocenters. The molecule has 112 valence electrons. The Kier molecular flexibility index (Phi) is 6.07. The molecule has 1 aromatic rings. The van der Waals surface area contributed by atoms with E-state index in [4.69, 9.17) is 18.0 Å². The van der Waals surface area contributed by atoms with Crippen molar-refractivity contribution in [3.8, 4) is 0 Å². The third-order valence-corrected chi connectivity index (χ3v) is 4.65. The van der Waals surface area contributed by atoms with Gasteiger partial charge in [-0.15, -0.1) is 0 Å². The molecular weight excluding hydrogens is 294 g/mol. The predicted molar refractivity (Wildman–Crippen MR) is 85.3 cm³/mol. The first-order valence-corrected chi connectivity index (χ1v) is 8.15. The maximum absolute atomic E-state index is 12.1. The minimum absolute atomic E-state index is 0.124. The molecule has 0 radical (unpaired) electrons. The van der Waals surface area contributed by atoms with Gasteiger partial charge in [0.25, 0.3) is 0 Å². The molecule has 20 heavy (non-hydrogen) atoms. The number of likely N-dealkylation sites (N-methyl/N-ethyl adjacent to an activating group) is 1. The molecular formula is C13H21N3O2S2. The number of nitrogens with one attached hydrogen (secondary N) is 1. The summed E-state index contributed by atoms with van der Waals surface area (Å²) in [5.74, 6) is 0. The molecule has 7 heteroatoms. The SMILES string of the molecule is CC(CNS(=O)(=O)c1ccc(CC(N)=S)cc1)N(C)C. The van der Waals surface area contributed by atoms with Gasteiger partial charge in [0.05, 0.1) is 9.88 Å². The fourth-order valence-electron chi connectivity index (χ4n) is 1.48. The number of hydrogen-bond donors (Lipinski definition) is 2. The second kappa shape index (κ2) is 7.12. The van der Waals surface area contributed by atoms with E-state index in [9.17, 15) is 8.42 Å². The highest BCUT2D eigenvalue weighted by Gasteiger charge is 2.15. The zero-order chi connectivity index (χ0) is 15.3. The lowest BCUT2D eigenvalue weighted by atomic mass is 10.1. The maximum atomic E-state index is 12.1. The van der Waals surface area contributed by atoms with E-state index in [0.717, 1.165) is 5.56 Å². The Morgan fingerprint density at radius 2 is 1.90 bits per heavy atom. The van der Waals surface area contributed by atoms with Gasteiger partial charge in [-0.05, 0) is 38.7 Å². The molecule has 1 aromatic carbocycles. The third-order valence-electron chi connectivity index (χ3n) is 3.06. The van der Waals surface area contributed by atoms with Crippen LogP contribution in [0.5, 0.6) is 0 Å². The zero-order valence-corrected chi connectivity index (χ0v) is 13.6. The van der Waals surface area contributed by atoms with Gasteiger partial charge in [-0.3, -0.25) is 0 Å². The standard InChI is InChI=1S/C13H21N3O2S2/c1-10(16(2)3)9-15-20(17,18)12-6-4-11(5-7-12)8-13(14)19/h4-7,10,15H,8-9H2,1-3H3,(H2,14,19). The Morgan fingerprint density at radius 1 is 1.35 bits per heavy atom. The van der Waals surface area contributed by atoms with Crippen LogP contribution in [0.1, 0.15) is 12.5 Å². The van der Waals surface area contributed by atoms with Crippen molar-refractivity contribution in [3.05, 3.63) is 29.8 Å². The largest absolute Gasteiger partial charge is 0.393 e. The average Bonchev–Trinajstić information content (AvgIpc) is 2.35. The van der Waals surface area contributed by atoms with Gasteiger partial charge in [-0.25, -0.2) is 13.1 Å². The zero-order valence-electron chi connectivity index (χ0n) is 12.0. The fourth-order valence-corrected chi connectivity index (χ4v) is 2.77. The van der Waals surface area contributed by atoms with Gasteiger partial charge >= 0.3 is 0 Å². The van der Waals surface area contributed by atoms with Crippen molar-refractivity contribution in [2.45, 2.75) is 24.3 Å². The second-order valence-electron chi connectivity index (χ2n) is 4.95. The van der Waals surface area contributed by atoms with Crippen LogP contribution in [0.25, 0.3) is 0 Å². The summed E-state index contributed by atoms with van der Waals surface area (Å²) < 4.78 is 26.8. The Hall–Kier alpha value is -1.02. The van der Waals surface area contributed by atoms with Crippen molar-refractivity contribution >= 4 is 27.2 Å². The molecule has 0 heterocycles. The molecule has 0 saturated heterocycles. The van der Waals surface area contributed by atoms with Crippen LogP contribution in [0, 0.1) is 0 Å². The van der Waals surface area contributed by atoms with Crippen LogP contribution in [-0.2, 0) is 16.4 Å². The molecule has 0 saturated carbocycles. The first-order valence-electron chi connectivity index (χ1n) is 6.25. The number of nitrogens with two attached hydrogens (primary N) is 1. The van der Waals surface area contributed by atoms with Gasteiger partial charge in [-0.2, -0.15) is 0 Å². The van der Waals surface area contributed by atoms with Crippen molar-refractivity contribution in [1.82, 2.24) is 9.62 Å². The Balaban J connectivity index is 2.75. The van der Waals surface area contributed by atoms with Gasteiger partial charge < -0.3 is 10.6 Å². The summed E-state index contributed by atoms with van der Waals surface area (Å²) in [6.07, 6.45) is 0.473. The van der Waals surface area contributed by atoms with Crippen molar-refractivity contribution in [2.75, 3.05) is 20.6 Å². The highest BCUT2D eigenvalue weighted by Crippen LogP contribution is 2.11. The van der Waals surface area contributed by atoms with E-state index in [-0.39, 0.29) is 10.9 Å². The van der Waals surface area contributed by atoms with Crippen LogP contribution in [0.2, 0.25) is 0 Å². The Morgan fingerprint density at radius 3 is 2.35 bits per heavy atom. The minimum Gasteiger partial charge on any atom is -0.393 e. The molecule has 1 unspecified atom stereocenters. The highest BCUT2D eigenvalue weighted by atomic mass is 32.2. The summed E-state index contributed by atoms with van der Waals surface area (Å²) in [4.78, 5) is 2.59. The quantitative estimate of drug-likeness (QED) is 0.726. The molecule has 0 amide bonds. The van der Waals surface area contributed by atoms with Gasteiger partial charge in [0, 0.05) is 19.0 Å². The van der Waals surface area contributed by atoms with Crippen molar-refractivity contribution in [2.24, 2.45) is 5.73 Å². The van der Waals surface area contributed by atoms with E-state index in [1.807, 2.05) is 25.9 Å². The first-order chi connectivity index (χ1) is 9.22. The molecule has 0 aliphatic heterocycles. The van der Waals surface area contributed by atoms with Gasteiger partial charge in [0.1, 0.15) is 0 Å². The van der Waals surface area contributed by atoms with Crippen LogP contribution < -0.4 is 10.5 Å². The summed E-state index contributed by atoms with van der Waals surface area (Å²) in [5.41, 5.74) is 6.35. The molecule has 0 aromatic heterocycles. The second-order valence-corrected chi connectivity index (χ2v) is 7.24. The minimum atomic E-state index is -3.47. The van der Waals surface area contributed by atoms with Crippen LogP contribution in [-0.4, -0.2) is 45.0 Å². The number of rotatable bonds is 7. The molecule has 3 N–H and O–H groups in total. The molecule has 0 fully saturated rings. The molecule has 0 aliphatic carbocycles. The van der Waals surface area contributed by atoms with Crippen molar-refractivity contribution in [3.63, 3.8) is 0 Å². The molecule has 0 aliphatic rings. The van der Waals surface area contributed by atoms with Gasteiger partial charge in [0.15, 0.2) is 0 Å². The summed E-state index contributed by atoms with van der Waals surface area (Å²) in [7, 11) is 0.338. The van der Waals surface area contributed by atoms with E-state index >= 15 is 0 Å². The topological polar surface area (TPSA) is 75.4 Å². The molecule has 0 spiro atoms. The smallest absolute Gasteiger partial charge is 0.240 e. The first kappa shape index (κ1) is 17.0. The number of hydrogen-bond acceptors (Lipinski definition) is 4. The number of sulfonamides is 1. The highest BCUT2D eigenvalue weighted by molar-refractivity contribution is 7.89. The van der Waals surface area contributed by atoms with E-state index < -0.39 is 10.0 Å². The fraction of sp³-hybridized carbons (Fsp3) is 0.462. The van der Waals surface area contributed by atoms with Crippen LogP contribution in [0.4, 0.5) is 0 Å². The summed E-state index contributed by atoms with van der Waals surface area (Å²) in [6.45, 7) is 2.32. The third kappa shape index (κ3) is 5.16.